The zero-order valence-corrected chi connectivity index (χ0v) is 20.3. The third kappa shape index (κ3) is 4.59. The Morgan fingerprint density at radius 3 is 2.83 bits per heavy atom. The summed E-state index contributed by atoms with van der Waals surface area (Å²) in [5.41, 5.74) is 1.86. The number of hydrogen-bond donors (Lipinski definition) is 1. The van der Waals surface area contributed by atoms with Crippen LogP contribution in [0.3, 0.4) is 0 Å². The average Bonchev–Trinajstić information content (AvgIpc) is 3.60. The number of aryl methyl sites for hydroxylation is 1. The van der Waals surface area contributed by atoms with Crippen molar-refractivity contribution in [2.75, 3.05) is 25.1 Å². The largest absolute Gasteiger partial charge is 0.379 e. The van der Waals surface area contributed by atoms with E-state index in [-0.39, 0.29) is 28.8 Å². The van der Waals surface area contributed by atoms with Crippen LogP contribution in [0.15, 0.2) is 24.5 Å². The molecule has 2 aliphatic heterocycles. The van der Waals surface area contributed by atoms with Gasteiger partial charge in [0, 0.05) is 61.6 Å². The van der Waals surface area contributed by atoms with Crippen molar-refractivity contribution in [3.05, 3.63) is 47.2 Å². The van der Waals surface area contributed by atoms with Gasteiger partial charge in [0.2, 0.25) is 5.91 Å². The van der Waals surface area contributed by atoms with Crippen molar-refractivity contribution >= 4 is 17.4 Å². The molecular weight excluding hydrogens is 473 g/mol. The van der Waals surface area contributed by atoms with Crippen LogP contribution in [0.5, 0.6) is 0 Å². The summed E-state index contributed by atoms with van der Waals surface area (Å²) in [6, 6.07) is 2.28. The molecule has 2 aromatic heterocycles. The van der Waals surface area contributed by atoms with E-state index in [0.717, 1.165) is 36.2 Å². The van der Waals surface area contributed by atoms with Crippen LogP contribution in [-0.2, 0) is 29.5 Å². The normalized spacial score (nSPS) is 17.6. The monoisotopic (exact) mass is 502 g/mol. The number of amides is 1. The Kier molecular flexibility index (Phi) is 6.74. The SMILES string of the molecule is CCCC(=O)N1CCc2c(c(Nc3cc(C(F)F)c(-c4cnn(C)c4)cc3F)nn2C2CCOC2)C1. The molecule has 11 heteroatoms. The Morgan fingerprint density at radius 1 is 1.33 bits per heavy atom. The van der Waals surface area contributed by atoms with Gasteiger partial charge in [0.25, 0.3) is 6.43 Å². The molecule has 1 atom stereocenters. The van der Waals surface area contributed by atoms with Crippen LogP contribution in [0, 0.1) is 5.82 Å². The van der Waals surface area contributed by atoms with E-state index in [1.165, 1.54) is 10.9 Å². The third-order valence-electron chi connectivity index (χ3n) is 6.80. The minimum Gasteiger partial charge on any atom is -0.379 e. The molecule has 0 bridgehead atoms. The summed E-state index contributed by atoms with van der Waals surface area (Å²) in [5, 5.41) is 11.7. The maximum absolute atomic E-state index is 15.3. The van der Waals surface area contributed by atoms with E-state index in [1.54, 1.807) is 18.1 Å². The maximum Gasteiger partial charge on any atom is 0.264 e. The Hall–Kier alpha value is -3.34. The number of anilines is 2. The quantitative estimate of drug-likeness (QED) is 0.505. The fraction of sp³-hybridized carbons (Fsp3) is 0.480. The van der Waals surface area contributed by atoms with Gasteiger partial charge in [-0.1, -0.05) is 6.92 Å². The number of carbonyl (C=O) groups is 1. The molecule has 4 heterocycles. The Morgan fingerprint density at radius 2 is 2.17 bits per heavy atom. The molecule has 3 aromatic rings. The predicted octanol–water partition coefficient (Wildman–Crippen LogP) is 4.75. The molecule has 0 aliphatic carbocycles. The lowest BCUT2D eigenvalue weighted by molar-refractivity contribution is -0.132. The van der Waals surface area contributed by atoms with Crippen molar-refractivity contribution in [2.24, 2.45) is 7.05 Å². The number of benzene rings is 1. The number of alkyl halides is 2. The van der Waals surface area contributed by atoms with Gasteiger partial charge in [-0.15, -0.1) is 0 Å². The van der Waals surface area contributed by atoms with Gasteiger partial charge in [-0.25, -0.2) is 13.2 Å². The third-order valence-corrected chi connectivity index (χ3v) is 6.80. The average molecular weight is 503 g/mol. The van der Waals surface area contributed by atoms with Crippen molar-refractivity contribution < 1.29 is 22.7 Å². The second-order valence-corrected chi connectivity index (χ2v) is 9.30. The Labute approximate surface area is 207 Å². The van der Waals surface area contributed by atoms with E-state index in [9.17, 15) is 13.6 Å². The van der Waals surface area contributed by atoms with Gasteiger partial charge in [-0.2, -0.15) is 10.2 Å². The van der Waals surface area contributed by atoms with Gasteiger partial charge in [0.15, 0.2) is 5.82 Å². The number of hydrogen-bond acceptors (Lipinski definition) is 5. The van der Waals surface area contributed by atoms with Gasteiger partial charge in [-0.3, -0.25) is 14.2 Å². The standard InChI is InChI=1S/C25H29F3N6O2/c1-3-4-23(35)33-7-5-22-19(13-33)25(31-34(22)16-6-8-36-14-16)30-21-10-18(24(27)28)17(9-20(21)26)15-11-29-32(2)12-15/h9-12,16,24H,3-8,13-14H2,1-2H3,(H,30,31). The van der Waals surface area contributed by atoms with Gasteiger partial charge >= 0.3 is 0 Å². The van der Waals surface area contributed by atoms with Crippen LogP contribution in [0.1, 0.15) is 55.5 Å². The summed E-state index contributed by atoms with van der Waals surface area (Å²) in [6.45, 7) is 4.02. The highest BCUT2D eigenvalue weighted by atomic mass is 19.3. The molecule has 0 radical (unpaired) electrons. The predicted molar refractivity (Wildman–Crippen MR) is 128 cm³/mol. The highest BCUT2D eigenvalue weighted by molar-refractivity contribution is 5.77. The molecule has 1 saturated heterocycles. The van der Waals surface area contributed by atoms with Crippen LogP contribution >= 0.6 is 0 Å². The molecule has 5 rings (SSSR count). The van der Waals surface area contributed by atoms with Crippen molar-refractivity contribution in [1.82, 2.24) is 24.5 Å². The molecule has 0 spiro atoms. The molecule has 1 aromatic carbocycles. The van der Waals surface area contributed by atoms with E-state index < -0.39 is 12.2 Å². The van der Waals surface area contributed by atoms with Crippen molar-refractivity contribution in [1.29, 1.82) is 0 Å². The molecule has 2 aliphatic rings. The minimum absolute atomic E-state index is 0.0432. The fourth-order valence-corrected chi connectivity index (χ4v) is 4.95. The summed E-state index contributed by atoms with van der Waals surface area (Å²) in [7, 11) is 1.67. The molecule has 192 valence electrons. The van der Waals surface area contributed by atoms with E-state index in [0.29, 0.717) is 50.5 Å². The number of fused-ring (bicyclic) bond motifs is 1. The molecule has 8 nitrogen and oxygen atoms in total. The van der Waals surface area contributed by atoms with E-state index >= 15 is 4.39 Å². The Bertz CT molecular complexity index is 1260. The number of nitrogens with zero attached hydrogens (tertiary/aromatic N) is 5. The maximum atomic E-state index is 15.3. The fourth-order valence-electron chi connectivity index (χ4n) is 4.95. The van der Waals surface area contributed by atoms with E-state index in [2.05, 4.69) is 10.4 Å². The zero-order valence-electron chi connectivity index (χ0n) is 20.3. The van der Waals surface area contributed by atoms with Crippen LogP contribution in [0.25, 0.3) is 11.1 Å². The van der Waals surface area contributed by atoms with E-state index in [1.807, 2.05) is 11.6 Å². The highest BCUT2D eigenvalue weighted by Crippen LogP contribution is 2.38. The summed E-state index contributed by atoms with van der Waals surface area (Å²) in [5.74, 6) is -0.252. The van der Waals surface area contributed by atoms with Gasteiger partial charge in [0.05, 0.1) is 31.1 Å². The number of carbonyl (C=O) groups excluding carboxylic acids is 1. The molecule has 1 N–H and O–H groups in total. The summed E-state index contributed by atoms with van der Waals surface area (Å²) in [6.07, 6.45) is 2.79. The lowest BCUT2D eigenvalue weighted by atomic mass is 10.0. The number of aromatic nitrogens is 4. The second-order valence-electron chi connectivity index (χ2n) is 9.30. The Balaban J connectivity index is 1.53. The molecule has 0 saturated carbocycles. The first-order valence-electron chi connectivity index (χ1n) is 12.2. The van der Waals surface area contributed by atoms with Crippen molar-refractivity contribution in [2.45, 2.75) is 51.6 Å². The van der Waals surface area contributed by atoms with Gasteiger partial charge in [-0.05, 0) is 30.5 Å². The summed E-state index contributed by atoms with van der Waals surface area (Å²) < 4.78 is 52.2. The molecule has 36 heavy (non-hydrogen) atoms. The zero-order chi connectivity index (χ0) is 25.4. The number of rotatable bonds is 7. The molecule has 1 amide bonds. The van der Waals surface area contributed by atoms with Crippen LogP contribution in [-0.4, -0.2) is 50.1 Å². The second kappa shape index (κ2) is 9.96. The first-order chi connectivity index (χ1) is 17.4. The number of ether oxygens (including phenoxy) is 1. The molecule has 1 unspecified atom stereocenters. The highest BCUT2D eigenvalue weighted by Gasteiger charge is 2.31. The molecular formula is C25H29F3N6O2. The summed E-state index contributed by atoms with van der Waals surface area (Å²) in [4.78, 5) is 14.4. The van der Waals surface area contributed by atoms with Gasteiger partial charge < -0.3 is 15.0 Å². The van der Waals surface area contributed by atoms with Crippen LogP contribution < -0.4 is 5.32 Å². The summed E-state index contributed by atoms with van der Waals surface area (Å²) >= 11 is 0. The van der Waals surface area contributed by atoms with E-state index in [4.69, 9.17) is 9.84 Å². The first-order valence-corrected chi connectivity index (χ1v) is 12.2. The van der Waals surface area contributed by atoms with Crippen molar-refractivity contribution in [3.8, 4) is 11.1 Å². The van der Waals surface area contributed by atoms with Gasteiger partial charge in [0.1, 0.15) is 5.82 Å². The lowest BCUT2D eigenvalue weighted by Gasteiger charge is -2.28. The lowest BCUT2D eigenvalue weighted by Crippen LogP contribution is -2.36. The topological polar surface area (TPSA) is 77.2 Å². The van der Waals surface area contributed by atoms with Crippen molar-refractivity contribution in [3.63, 3.8) is 0 Å². The number of nitrogens with one attached hydrogen (secondary N) is 1. The minimum atomic E-state index is -2.81. The molecule has 1 fully saturated rings. The van der Waals surface area contributed by atoms with Crippen LogP contribution in [0.4, 0.5) is 24.7 Å². The van der Waals surface area contributed by atoms with Crippen LogP contribution in [0.2, 0.25) is 0 Å². The smallest absolute Gasteiger partial charge is 0.264 e. The number of halogens is 3. The first kappa shape index (κ1) is 24.4.